The van der Waals surface area contributed by atoms with E-state index in [1.807, 2.05) is 0 Å². The van der Waals surface area contributed by atoms with Gasteiger partial charge >= 0.3 is 0 Å². The van der Waals surface area contributed by atoms with Crippen LogP contribution in [-0.4, -0.2) is 36.9 Å². The first-order valence-electron chi connectivity index (χ1n) is 6.44. The Bertz CT molecular complexity index is 434. The summed E-state index contributed by atoms with van der Waals surface area (Å²) in [5, 5.41) is 12.8. The van der Waals surface area contributed by atoms with Gasteiger partial charge in [0.05, 0.1) is 12.7 Å². The van der Waals surface area contributed by atoms with Gasteiger partial charge in [0, 0.05) is 23.7 Å². The largest absolute Gasteiger partial charge is 0.389 e. The van der Waals surface area contributed by atoms with Crippen LogP contribution in [0, 0.1) is 5.92 Å². The van der Waals surface area contributed by atoms with E-state index >= 15 is 0 Å². The maximum Gasteiger partial charge on any atom is 0.251 e. The third kappa shape index (κ3) is 5.19. The third-order valence-electron chi connectivity index (χ3n) is 2.95. The predicted molar refractivity (Wildman–Crippen MR) is 73.3 cm³/mol. The van der Waals surface area contributed by atoms with E-state index in [9.17, 15) is 9.90 Å². The summed E-state index contributed by atoms with van der Waals surface area (Å²) in [5.74, 6) is 0.428. The molecule has 1 unspecified atom stereocenters. The van der Waals surface area contributed by atoms with Crippen molar-refractivity contribution < 1.29 is 14.6 Å². The van der Waals surface area contributed by atoms with Gasteiger partial charge in [0.1, 0.15) is 0 Å². The van der Waals surface area contributed by atoms with Crippen molar-refractivity contribution in [2.75, 3.05) is 19.8 Å². The SMILES string of the molecule is O=C(NCC(O)COCC1CC1)c1cccc(Cl)c1. The van der Waals surface area contributed by atoms with Gasteiger partial charge in [-0.15, -0.1) is 0 Å². The minimum absolute atomic E-state index is 0.177. The highest BCUT2D eigenvalue weighted by Crippen LogP contribution is 2.28. The Morgan fingerprint density at radius 3 is 3.00 bits per heavy atom. The summed E-state index contributed by atoms with van der Waals surface area (Å²) in [6.07, 6.45) is 1.77. The number of amides is 1. The van der Waals surface area contributed by atoms with Gasteiger partial charge in [0.15, 0.2) is 0 Å². The van der Waals surface area contributed by atoms with E-state index in [-0.39, 0.29) is 19.1 Å². The van der Waals surface area contributed by atoms with Gasteiger partial charge in [-0.1, -0.05) is 17.7 Å². The number of aliphatic hydroxyl groups is 1. The highest BCUT2D eigenvalue weighted by atomic mass is 35.5. The first kappa shape index (κ1) is 14.3. The number of hydrogen-bond acceptors (Lipinski definition) is 3. The first-order chi connectivity index (χ1) is 9.15. The highest BCUT2D eigenvalue weighted by molar-refractivity contribution is 6.30. The summed E-state index contributed by atoms with van der Waals surface area (Å²) in [4.78, 5) is 11.8. The monoisotopic (exact) mass is 283 g/mol. The van der Waals surface area contributed by atoms with Crippen LogP contribution in [0.4, 0.5) is 0 Å². The van der Waals surface area contributed by atoms with Gasteiger partial charge in [-0.05, 0) is 37.0 Å². The number of carbonyl (C=O) groups is 1. The summed E-state index contributed by atoms with van der Waals surface area (Å²) < 4.78 is 5.35. The van der Waals surface area contributed by atoms with E-state index in [1.165, 1.54) is 12.8 Å². The molecule has 0 heterocycles. The van der Waals surface area contributed by atoms with E-state index < -0.39 is 6.10 Å². The highest BCUT2D eigenvalue weighted by Gasteiger charge is 2.21. The molecule has 1 aromatic carbocycles. The van der Waals surface area contributed by atoms with Crippen molar-refractivity contribution >= 4 is 17.5 Å². The molecule has 2 N–H and O–H groups in total. The van der Waals surface area contributed by atoms with Crippen LogP contribution in [0.1, 0.15) is 23.2 Å². The summed E-state index contributed by atoms with van der Waals surface area (Å²) in [5.41, 5.74) is 0.485. The van der Waals surface area contributed by atoms with Gasteiger partial charge in [-0.2, -0.15) is 0 Å². The molecule has 104 valence electrons. The Balaban J connectivity index is 1.67. The molecule has 2 rings (SSSR count). The van der Waals surface area contributed by atoms with Gasteiger partial charge in [-0.25, -0.2) is 0 Å². The topological polar surface area (TPSA) is 58.6 Å². The molecule has 1 amide bonds. The first-order valence-corrected chi connectivity index (χ1v) is 6.82. The van der Waals surface area contributed by atoms with Crippen LogP contribution in [0.25, 0.3) is 0 Å². The molecule has 1 aromatic rings. The van der Waals surface area contributed by atoms with E-state index in [0.29, 0.717) is 23.1 Å². The van der Waals surface area contributed by atoms with Gasteiger partial charge < -0.3 is 15.2 Å². The van der Waals surface area contributed by atoms with Crippen LogP contribution in [0.2, 0.25) is 5.02 Å². The summed E-state index contributed by atoms with van der Waals surface area (Å²) >= 11 is 5.81. The molecule has 1 saturated carbocycles. The number of benzene rings is 1. The molecule has 0 aliphatic heterocycles. The van der Waals surface area contributed by atoms with Crippen molar-refractivity contribution in [3.63, 3.8) is 0 Å². The second-order valence-electron chi connectivity index (χ2n) is 4.86. The third-order valence-corrected chi connectivity index (χ3v) is 3.18. The molecule has 19 heavy (non-hydrogen) atoms. The molecule has 4 nitrogen and oxygen atoms in total. The number of hydrogen-bond donors (Lipinski definition) is 2. The zero-order valence-electron chi connectivity index (χ0n) is 10.6. The van der Waals surface area contributed by atoms with Crippen molar-refractivity contribution in [3.05, 3.63) is 34.9 Å². The lowest BCUT2D eigenvalue weighted by Gasteiger charge is -2.12. The fourth-order valence-electron chi connectivity index (χ4n) is 1.66. The van der Waals surface area contributed by atoms with Crippen LogP contribution in [0.3, 0.4) is 0 Å². The van der Waals surface area contributed by atoms with Gasteiger partial charge in [0.25, 0.3) is 5.91 Å². The molecule has 0 radical (unpaired) electrons. The second kappa shape index (κ2) is 6.89. The normalized spacial score (nSPS) is 16.1. The zero-order valence-corrected chi connectivity index (χ0v) is 11.4. The molecule has 5 heteroatoms. The predicted octanol–water partition coefficient (Wildman–Crippen LogP) is 1.86. The van der Waals surface area contributed by atoms with E-state index in [1.54, 1.807) is 24.3 Å². The summed E-state index contributed by atoms with van der Waals surface area (Å²) in [6, 6.07) is 6.69. The fourth-order valence-corrected chi connectivity index (χ4v) is 1.85. The minimum atomic E-state index is -0.679. The lowest BCUT2D eigenvalue weighted by molar-refractivity contribution is 0.0320. The molecular formula is C14H18ClNO3. The number of carbonyl (C=O) groups excluding carboxylic acids is 1. The average Bonchev–Trinajstić information content (AvgIpc) is 3.20. The van der Waals surface area contributed by atoms with Crippen LogP contribution >= 0.6 is 11.6 Å². The molecule has 1 fully saturated rings. The van der Waals surface area contributed by atoms with Crippen molar-refractivity contribution in [1.82, 2.24) is 5.32 Å². The maximum absolute atomic E-state index is 11.8. The lowest BCUT2D eigenvalue weighted by atomic mass is 10.2. The fraction of sp³-hybridized carbons (Fsp3) is 0.500. The van der Waals surface area contributed by atoms with E-state index in [4.69, 9.17) is 16.3 Å². The lowest BCUT2D eigenvalue weighted by Crippen LogP contribution is -2.34. The van der Waals surface area contributed by atoms with E-state index in [0.717, 1.165) is 0 Å². The molecule has 1 aliphatic rings. The Kier molecular flexibility index (Phi) is 5.19. The zero-order chi connectivity index (χ0) is 13.7. The van der Waals surface area contributed by atoms with Crippen molar-refractivity contribution in [1.29, 1.82) is 0 Å². The van der Waals surface area contributed by atoms with Crippen LogP contribution in [-0.2, 0) is 4.74 Å². The number of aliphatic hydroxyl groups excluding tert-OH is 1. The van der Waals surface area contributed by atoms with Crippen LogP contribution in [0.15, 0.2) is 24.3 Å². The van der Waals surface area contributed by atoms with Crippen molar-refractivity contribution in [2.24, 2.45) is 5.92 Å². The maximum atomic E-state index is 11.8. The number of rotatable bonds is 7. The van der Waals surface area contributed by atoms with Gasteiger partial charge in [0.2, 0.25) is 0 Å². The summed E-state index contributed by atoms with van der Waals surface area (Å²) in [7, 11) is 0. The molecular weight excluding hydrogens is 266 g/mol. The van der Waals surface area contributed by atoms with Gasteiger partial charge in [-0.3, -0.25) is 4.79 Å². The standard InChI is InChI=1S/C14H18ClNO3/c15-12-3-1-2-11(6-12)14(18)16-7-13(17)9-19-8-10-4-5-10/h1-3,6,10,13,17H,4-5,7-9H2,(H,16,18). The molecule has 1 atom stereocenters. The van der Waals surface area contributed by atoms with Crippen LogP contribution in [0.5, 0.6) is 0 Å². The molecule has 0 saturated heterocycles. The van der Waals surface area contributed by atoms with Crippen molar-refractivity contribution in [3.8, 4) is 0 Å². The van der Waals surface area contributed by atoms with E-state index in [2.05, 4.69) is 5.32 Å². The smallest absolute Gasteiger partial charge is 0.251 e. The van der Waals surface area contributed by atoms with Crippen LogP contribution < -0.4 is 5.32 Å². The molecule has 1 aliphatic carbocycles. The quantitative estimate of drug-likeness (QED) is 0.803. The number of nitrogens with one attached hydrogen (secondary N) is 1. The minimum Gasteiger partial charge on any atom is -0.389 e. The number of halogens is 1. The Morgan fingerprint density at radius 1 is 1.53 bits per heavy atom. The Labute approximate surface area is 117 Å². The Hall–Kier alpha value is -1.10. The number of ether oxygens (including phenoxy) is 1. The van der Waals surface area contributed by atoms with Crippen molar-refractivity contribution in [2.45, 2.75) is 18.9 Å². The Morgan fingerprint density at radius 2 is 2.32 bits per heavy atom. The average molecular weight is 284 g/mol. The molecule has 0 bridgehead atoms. The summed E-state index contributed by atoms with van der Waals surface area (Å²) in [6.45, 7) is 1.14. The second-order valence-corrected chi connectivity index (χ2v) is 5.29. The molecule has 0 aromatic heterocycles. The molecule has 0 spiro atoms.